The first-order valence-electron chi connectivity index (χ1n) is 8.59. The van der Waals surface area contributed by atoms with Crippen molar-refractivity contribution in [3.8, 4) is 11.1 Å². The van der Waals surface area contributed by atoms with Crippen LogP contribution in [0.2, 0.25) is 0 Å². The van der Waals surface area contributed by atoms with Crippen molar-refractivity contribution in [3.05, 3.63) is 90.0 Å². The van der Waals surface area contributed by atoms with E-state index >= 15 is 0 Å². The molecular formula is C22H21N3O2. The lowest BCUT2D eigenvalue weighted by Gasteiger charge is -2.18. The first-order chi connectivity index (χ1) is 13.0. The molecule has 0 atom stereocenters. The predicted molar refractivity (Wildman–Crippen MR) is 107 cm³/mol. The fraction of sp³-hybridized carbons (Fsp3) is 0.0909. The standard InChI is InChI=1S/C22H21N3O2/c1-25(21(26)19-8-5-9-20(14-19)24-22(23)27)15-16-10-12-18(13-11-16)17-6-3-2-4-7-17/h2-14H,15H2,1H3,(H3,23,24,27). The third-order valence-electron chi connectivity index (χ3n) is 4.20. The van der Waals surface area contributed by atoms with Crippen LogP contribution in [0.1, 0.15) is 15.9 Å². The van der Waals surface area contributed by atoms with E-state index in [4.69, 9.17) is 5.73 Å². The van der Waals surface area contributed by atoms with Gasteiger partial charge in [-0.05, 0) is 34.9 Å². The molecule has 136 valence electrons. The Labute approximate surface area is 158 Å². The highest BCUT2D eigenvalue weighted by atomic mass is 16.2. The minimum atomic E-state index is -0.661. The Kier molecular flexibility index (Phi) is 5.52. The average molecular weight is 359 g/mol. The summed E-state index contributed by atoms with van der Waals surface area (Å²) in [6.45, 7) is 0.487. The monoisotopic (exact) mass is 359 g/mol. The highest BCUT2D eigenvalue weighted by molar-refractivity contribution is 5.96. The zero-order chi connectivity index (χ0) is 19.2. The maximum Gasteiger partial charge on any atom is 0.316 e. The van der Waals surface area contributed by atoms with Crippen LogP contribution < -0.4 is 11.1 Å². The van der Waals surface area contributed by atoms with Crippen molar-refractivity contribution in [1.82, 2.24) is 4.90 Å². The van der Waals surface area contributed by atoms with Gasteiger partial charge in [-0.1, -0.05) is 60.7 Å². The average Bonchev–Trinajstić information content (AvgIpc) is 2.68. The first-order valence-corrected chi connectivity index (χ1v) is 8.59. The van der Waals surface area contributed by atoms with E-state index in [1.165, 1.54) is 0 Å². The van der Waals surface area contributed by atoms with Crippen molar-refractivity contribution in [2.24, 2.45) is 5.73 Å². The van der Waals surface area contributed by atoms with E-state index in [-0.39, 0.29) is 5.91 Å². The number of amides is 3. The van der Waals surface area contributed by atoms with E-state index in [9.17, 15) is 9.59 Å². The van der Waals surface area contributed by atoms with E-state index in [2.05, 4.69) is 29.6 Å². The largest absolute Gasteiger partial charge is 0.351 e. The Morgan fingerprint density at radius 3 is 2.22 bits per heavy atom. The number of carbonyl (C=O) groups is 2. The minimum absolute atomic E-state index is 0.129. The van der Waals surface area contributed by atoms with Gasteiger partial charge in [-0.2, -0.15) is 0 Å². The Hall–Kier alpha value is -3.60. The molecule has 3 N–H and O–H groups in total. The van der Waals surface area contributed by atoms with Crippen LogP contribution in [0.15, 0.2) is 78.9 Å². The molecule has 0 bridgehead atoms. The van der Waals surface area contributed by atoms with Crippen molar-refractivity contribution >= 4 is 17.6 Å². The Morgan fingerprint density at radius 2 is 1.56 bits per heavy atom. The Morgan fingerprint density at radius 1 is 0.889 bits per heavy atom. The number of benzene rings is 3. The van der Waals surface area contributed by atoms with E-state index in [1.54, 1.807) is 36.2 Å². The second-order valence-electron chi connectivity index (χ2n) is 6.29. The summed E-state index contributed by atoms with van der Waals surface area (Å²) in [6.07, 6.45) is 0. The number of anilines is 1. The molecule has 3 aromatic rings. The molecule has 0 radical (unpaired) electrons. The molecule has 27 heavy (non-hydrogen) atoms. The van der Waals surface area contributed by atoms with Gasteiger partial charge in [0.2, 0.25) is 0 Å². The minimum Gasteiger partial charge on any atom is -0.351 e. The third-order valence-corrected chi connectivity index (χ3v) is 4.20. The number of hydrogen-bond donors (Lipinski definition) is 2. The first kappa shape index (κ1) is 18.2. The molecule has 0 saturated heterocycles. The molecule has 0 aliphatic heterocycles. The van der Waals surface area contributed by atoms with Gasteiger partial charge in [0.15, 0.2) is 0 Å². The Bertz CT molecular complexity index is 937. The Balaban J connectivity index is 1.69. The summed E-state index contributed by atoms with van der Waals surface area (Å²) in [4.78, 5) is 25.3. The van der Waals surface area contributed by atoms with Gasteiger partial charge >= 0.3 is 6.03 Å². The van der Waals surface area contributed by atoms with Gasteiger partial charge in [-0.15, -0.1) is 0 Å². The molecule has 0 unspecified atom stereocenters. The zero-order valence-corrected chi connectivity index (χ0v) is 15.1. The topological polar surface area (TPSA) is 75.4 Å². The van der Waals surface area contributed by atoms with Crippen LogP contribution in [0, 0.1) is 0 Å². The molecule has 0 aliphatic rings. The summed E-state index contributed by atoms with van der Waals surface area (Å²) < 4.78 is 0. The van der Waals surface area contributed by atoms with E-state index < -0.39 is 6.03 Å². The number of hydrogen-bond acceptors (Lipinski definition) is 2. The van der Waals surface area contributed by atoms with Crippen molar-refractivity contribution in [2.75, 3.05) is 12.4 Å². The molecule has 0 aromatic heterocycles. The smallest absolute Gasteiger partial charge is 0.316 e. The molecular weight excluding hydrogens is 338 g/mol. The summed E-state index contributed by atoms with van der Waals surface area (Å²) >= 11 is 0. The van der Waals surface area contributed by atoms with Crippen LogP contribution in [-0.2, 0) is 6.54 Å². The lowest BCUT2D eigenvalue weighted by Crippen LogP contribution is -2.26. The van der Waals surface area contributed by atoms with Gasteiger partial charge in [0, 0.05) is 24.8 Å². The van der Waals surface area contributed by atoms with E-state index in [0.717, 1.165) is 16.7 Å². The second-order valence-corrected chi connectivity index (χ2v) is 6.29. The van der Waals surface area contributed by atoms with Crippen molar-refractivity contribution < 1.29 is 9.59 Å². The van der Waals surface area contributed by atoms with Crippen molar-refractivity contribution in [1.29, 1.82) is 0 Å². The number of rotatable bonds is 5. The molecule has 0 spiro atoms. The third kappa shape index (κ3) is 4.73. The highest BCUT2D eigenvalue weighted by Gasteiger charge is 2.13. The van der Waals surface area contributed by atoms with Crippen LogP contribution >= 0.6 is 0 Å². The molecule has 3 aromatic carbocycles. The van der Waals surface area contributed by atoms with Crippen LogP contribution in [0.25, 0.3) is 11.1 Å². The lowest BCUT2D eigenvalue weighted by atomic mass is 10.0. The number of nitrogens with zero attached hydrogens (tertiary/aromatic N) is 1. The maximum atomic E-state index is 12.7. The molecule has 0 saturated carbocycles. The van der Waals surface area contributed by atoms with Crippen LogP contribution in [0.3, 0.4) is 0 Å². The summed E-state index contributed by atoms with van der Waals surface area (Å²) in [5, 5.41) is 2.48. The van der Waals surface area contributed by atoms with Gasteiger partial charge < -0.3 is 16.0 Å². The van der Waals surface area contributed by atoms with E-state index in [0.29, 0.717) is 17.8 Å². The van der Waals surface area contributed by atoms with Crippen LogP contribution in [0.4, 0.5) is 10.5 Å². The second kappa shape index (κ2) is 8.19. The summed E-state index contributed by atoms with van der Waals surface area (Å²) in [5.41, 5.74) is 9.44. The fourth-order valence-corrected chi connectivity index (χ4v) is 2.87. The molecule has 5 nitrogen and oxygen atoms in total. The van der Waals surface area contributed by atoms with Gasteiger partial charge in [0.05, 0.1) is 0 Å². The number of nitrogens with one attached hydrogen (secondary N) is 1. The molecule has 3 rings (SSSR count). The van der Waals surface area contributed by atoms with Gasteiger partial charge in [-0.25, -0.2) is 4.79 Å². The quantitative estimate of drug-likeness (QED) is 0.719. The summed E-state index contributed by atoms with van der Waals surface area (Å²) in [5.74, 6) is -0.129. The van der Waals surface area contributed by atoms with Gasteiger partial charge in [0.25, 0.3) is 5.91 Å². The number of urea groups is 1. The maximum absolute atomic E-state index is 12.7. The molecule has 5 heteroatoms. The number of primary amides is 1. The normalized spacial score (nSPS) is 10.3. The van der Waals surface area contributed by atoms with Crippen molar-refractivity contribution in [3.63, 3.8) is 0 Å². The van der Waals surface area contributed by atoms with Gasteiger partial charge in [0.1, 0.15) is 0 Å². The number of nitrogens with two attached hydrogens (primary N) is 1. The summed E-state index contributed by atoms with van der Waals surface area (Å²) in [7, 11) is 1.75. The fourth-order valence-electron chi connectivity index (χ4n) is 2.87. The number of carbonyl (C=O) groups excluding carboxylic acids is 2. The van der Waals surface area contributed by atoms with Crippen LogP contribution in [-0.4, -0.2) is 23.9 Å². The SMILES string of the molecule is CN(Cc1ccc(-c2ccccc2)cc1)C(=O)c1cccc(NC(N)=O)c1. The highest BCUT2D eigenvalue weighted by Crippen LogP contribution is 2.20. The van der Waals surface area contributed by atoms with Gasteiger partial charge in [-0.3, -0.25) is 4.79 Å². The lowest BCUT2D eigenvalue weighted by molar-refractivity contribution is 0.0785. The van der Waals surface area contributed by atoms with E-state index in [1.807, 2.05) is 30.3 Å². The zero-order valence-electron chi connectivity index (χ0n) is 15.1. The predicted octanol–water partition coefficient (Wildman–Crippen LogP) is 4.12. The molecule has 0 aliphatic carbocycles. The molecule has 3 amide bonds. The van der Waals surface area contributed by atoms with Crippen LogP contribution in [0.5, 0.6) is 0 Å². The van der Waals surface area contributed by atoms with Crippen molar-refractivity contribution in [2.45, 2.75) is 6.54 Å². The molecule has 0 fully saturated rings. The molecule has 0 heterocycles. The summed E-state index contributed by atoms with van der Waals surface area (Å²) in [6, 6.07) is 24.4.